The van der Waals surface area contributed by atoms with Crippen molar-refractivity contribution in [2.45, 2.75) is 12.8 Å². The fourth-order valence-corrected chi connectivity index (χ4v) is 3.19. The third kappa shape index (κ3) is 4.37. The molecule has 0 amide bonds. The Labute approximate surface area is 175 Å². The SMILES string of the molecule is COc1ccc(-c2nc3ccccc3c(=O)[nH]2)cc1COc1cccc(C(F)(F)F)c1. The number of nitrogens with one attached hydrogen (secondary N) is 1. The molecular weight excluding hydrogens is 409 g/mol. The first-order chi connectivity index (χ1) is 14.8. The van der Waals surface area contributed by atoms with Gasteiger partial charge in [-0.2, -0.15) is 13.2 Å². The first-order valence-corrected chi connectivity index (χ1v) is 9.31. The number of hydrogen-bond acceptors (Lipinski definition) is 4. The van der Waals surface area contributed by atoms with Crippen LogP contribution in [0, 0.1) is 0 Å². The largest absolute Gasteiger partial charge is 0.496 e. The second kappa shape index (κ2) is 8.14. The zero-order valence-corrected chi connectivity index (χ0v) is 16.4. The number of nitrogens with zero attached hydrogens (tertiary/aromatic N) is 1. The number of aromatic amines is 1. The number of fused-ring (bicyclic) bond motifs is 1. The number of alkyl halides is 3. The van der Waals surface area contributed by atoms with E-state index < -0.39 is 11.7 Å². The van der Waals surface area contributed by atoms with Crippen LogP contribution in [0.1, 0.15) is 11.1 Å². The van der Waals surface area contributed by atoms with E-state index in [-0.39, 0.29) is 17.9 Å². The van der Waals surface area contributed by atoms with Gasteiger partial charge in [-0.25, -0.2) is 4.98 Å². The van der Waals surface area contributed by atoms with Gasteiger partial charge in [-0.05, 0) is 48.5 Å². The molecule has 0 radical (unpaired) electrons. The Balaban J connectivity index is 1.65. The molecule has 1 aromatic heterocycles. The predicted octanol–water partition coefficient (Wildman–Crippen LogP) is 5.20. The van der Waals surface area contributed by atoms with Gasteiger partial charge in [0.05, 0.1) is 23.6 Å². The van der Waals surface area contributed by atoms with Gasteiger partial charge in [0.1, 0.15) is 23.9 Å². The molecule has 0 aliphatic heterocycles. The van der Waals surface area contributed by atoms with Gasteiger partial charge < -0.3 is 14.5 Å². The molecule has 1 heterocycles. The number of H-pyrrole nitrogens is 1. The van der Waals surface area contributed by atoms with Crippen molar-refractivity contribution in [2.24, 2.45) is 0 Å². The van der Waals surface area contributed by atoms with Crippen LogP contribution in [0.4, 0.5) is 13.2 Å². The van der Waals surface area contributed by atoms with Crippen LogP contribution in [-0.4, -0.2) is 17.1 Å². The molecular formula is C23H17F3N2O3. The van der Waals surface area contributed by atoms with E-state index >= 15 is 0 Å². The van der Waals surface area contributed by atoms with E-state index in [2.05, 4.69) is 9.97 Å². The Morgan fingerprint density at radius 1 is 1.00 bits per heavy atom. The van der Waals surface area contributed by atoms with Crippen molar-refractivity contribution in [3.8, 4) is 22.9 Å². The summed E-state index contributed by atoms with van der Waals surface area (Å²) in [7, 11) is 1.49. The fourth-order valence-electron chi connectivity index (χ4n) is 3.19. The van der Waals surface area contributed by atoms with Gasteiger partial charge in [-0.1, -0.05) is 18.2 Å². The number of hydrogen-bond donors (Lipinski definition) is 1. The highest BCUT2D eigenvalue weighted by atomic mass is 19.4. The zero-order chi connectivity index (χ0) is 22.0. The third-order valence-electron chi connectivity index (χ3n) is 4.72. The van der Waals surface area contributed by atoms with Gasteiger partial charge in [0.2, 0.25) is 0 Å². The van der Waals surface area contributed by atoms with E-state index in [0.717, 1.165) is 12.1 Å². The number of ether oxygens (including phenoxy) is 2. The molecule has 0 atom stereocenters. The second-order valence-corrected chi connectivity index (χ2v) is 6.77. The van der Waals surface area contributed by atoms with Crippen LogP contribution < -0.4 is 15.0 Å². The highest BCUT2D eigenvalue weighted by Crippen LogP contribution is 2.32. The molecule has 0 saturated carbocycles. The lowest BCUT2D eigenvalue weighted by atomic mass is 10.1. The summed E-state index contributed by atoms with van der Waals surface area (Å²) in [4.78, 5) is 19.6. The quantitative estimate of drug-likeness (QED) is 0.477. The normalized spacial score (nSPS) is 11.5. The Morgan fingerprint density at radius 2 is 1.81 bits per heavy atom. The van der Waals surface area contributed by atoms with Gasteiger partial charge in [-0.3, -0.25) is 4.79 Å². The van der Waals surface area contributed by atoms with Gasteiger partial charge in [0, 0.05) is 11.1 Å². The van der Waals surface area contributed by atoms with Gasteiger partial charge in [0.15, 0.2) is 0 Å². The smallest absolute Gasteiger partial charge is 0.416 e. The average Bonchev–Trinajstić information content (AvgIpc) is 2.77. The lowest BCUT2D eigenvalue weighted by Crippen LogP contribution is -2.09. The number of benzene rings is 3. The number of methoxy groups -OCH3 is 1. The molecule has 0 aliphatic carbocycles. The van der Waals surface area contributed by atoms with Crippen molar-refractivity contribution in [1.82, 2.24) is 9.97 Å². The maximum absolute atomic E-state index is 12.9. The molecule has 0 bridgehead atoms. The van der Waals surface area contributed by atoms with Crippen LogP contribution in [0.3, 0.4) is 0 Å². The zero-order valence-electron chi connectivity index (χ0n) is 16.4. The average molecular weight is 426 g/mol. The first-order valence-electron chi connectivity index (χ1n) is 9.31. The summed E-state index contributed by atoms with van der Waals surface area (Å²) in [5.41, 5.74) is 0.709. The topological polar surface area (TPSA) is 64.2 Å². The van der Waals surface area contributed by atoms with Gasteiger partial charge in [-0.15, -0.1) is 0 Å². The molecule has 8 heteroatoms. The van der Waals surface area contributed by atoms with Gasteiger partial charge in [0.25, 0.3) is 5.56 Å². The van der Waals surface area contributed by atoms with Crippen LogP contribution >= 0.6 is 0 Å². The molecule has 0 unspecified atom stereocenters. The minimum absolute atomic E-state index is 0.0316. The minimum atomic E-state index is -4.45. The summed E-state index contributed by atoms with van der Waals surface area (Å²) in [5, 5.41) is 0.480. The molecule has 0 spiro atoms. The summed E-state index contributed by atoms with van der Waals surface area (Å²) in [5.74, 6) is 0.949. The van der Waals surface area contributed by atoms with Crippen LogP contribution in [-0.2, 0) is 12.8 Å². The van der Waals surface area contributed by atoms with E-state index in [0.29, 0.717) is 33.6 Å². The highest BCUT2D eigenvalue weighted by Gasteiger charge is 2.30. The van der Waals surface area contributed by atoms with Crippen LogP contribution in [0.5, 0.6) is 11.5 Å². The molecule has 31 heavy (non-hydrogen) atoms. The maximum Gasteiger partial charge on any atom is 0.416 e. The number of rotatable bonds is 5. The highest BCUT2D eigenvalue weighted by molar-refractivity contribution is 5.79. The maximum atomic E-state index is 12.9. The van der Waals surface area contributed by atoms with Crippen LogP contribution in [0.15, 0.2) is 71.5 Å². The molecule has 158 valence electrons. The molecule has 4 rings (SSSR count). The Kier molecular flexibility index (Phi) is 5.37. The van der Waals surface area contributed by atoms with E-state index in [1.807, 2.05) is 0 Å². The Bertz CT molecular complexity index is 1300. The third-order valence-corrected chi connectivity index (χ3v) is 4.72. The van der Waals surface area contributed by atoms with E-state index in [1.54, 1.807) is 42.5 Å². The van der Waals surface area contributed by atoms with Crippen molar-refractivity contribution in [3.05, 3.63) is 88.2 Å². The summed E-state index contributed by atoms with van der Waals surface area (Å²) in [6.45, 7) is -0.0316. The molecule has 0 saturated heterocycles. The Morgan fingerprint density at radius 3 is 2.58 bits per heavy atom. The first kappa shape index (κ1) is 20.5. The molecule has 4 aromatic rings. The van der Waals surface area contributed by atoms with Crippen molar-refractivity contribution >= 4 is 10.9 Å². The summed E-state index contributed by atoms with van der Waals surface area (Å²) in [6, 6.07) is 16.8. The van der Waals surface area contributed by atoms with Gasteiger partial charge >= 0.3 is 6.18 Å². The van der Waals surface area contributed by atoms with Crippen molar-refractivity contribution in [2.75, 3.05) is 7.11 Å². The lowest BCUT2D eigenvalue weighted by molar-refractivity contribution is -0.137. The number of halogens is 3. The fraction of sp³-hybridized carbons (Fsp3) is 0.130. The summed E-state index contributed by atoms with van der Waals surface area (Å²) < 4.78 is 49.7. The van der Waals surface area contributed by atoms with Crippen molar-refractivity contribution in [1.29, 1.82) is 0 Å². The second-order valence-electron chi connectivity index (χ2n) is 6.77. The molecule has 0 fully saturated rings. The van der Waals surface area contributed by atoms with E-state index in [9.17, 15) is 18.0 Å². The predicted molar refractivity (Wildman–Crippen MR) is 110 cm³/mol. The molecule has 3 aromatic carbocycles. The minimum Gasteiger partial charge on any atom is -0.496 e. The monoisotopic (exact) mass is 426 g/mol. The van der Waals surface area contributed by atoms with Crippen molar-refractivity contribution < 1.29 is 22.6 Å². The van der Waals surface area contributed by atoms with E-state index in [1.165, 1.54) is 19.2 Å². The standard InChI is InChI=1S/C23H17F3N2O3/c1-30-20-10-9-14(21-27-19-8-3-2-7-18(19)22(29)28-21)11-15(20)13-31-17-6-4-5-16(12-17)23(24,25)26/h2-12H,13H2,1H3,(H,27,28,29). The summed E-state index contributed by atoms with van der Waals surface area (Å²) in [6.07, 6.45) is -4.45. The molecule has 5 nitrogen and oxygen atoms in total. The Hall–Kier alpha value is -3.81. The van der Waals surface area contributed by atoms with Crippen LogP contribution in [0.25, 0.3) is 22.3 Å². The van der Waals surface area contributed by atoms with Crippen molar-refractivity contribution in [3.63, 3.8) is 0 Å². The van der Waals surface area contributed by atoms with Crippen LogP contribution in [0.2, 0.25) is 0 Å². The van der Waals surface area contributed by atoms with E-state index in [4.69, 9.17) is 9.47 Å². The number of aromatic nitrogens is 2. The summed E-state index contributed by atoms with van der Waals surface area (Å²) >= 11 is 0. The number of para-hydroxylation sites is 1. The molecule has 0 aliphatic rings. The lowest BCUT2D eigenvalue weighted by Gasteiger charge is -2.13. The molecule has 1 N–H and O–H groups in total.